The second-order valence-corrected chi connectivity index (χ2v) is 8.21. The van der Waals surface area contributed by atoms with Gasteiger partial charge in [0.15, 0.2) is 17.7 Å². The molecule has 10 nitrogen and oxygen atoms in total. The van der Waals surface area contributed by atoms with Gasteiger partial charge in [0.1, 0.15) is 17.0 Å². The van der Waals surface area contributed by atoms with E-state index in [4.69, 9.17) is 5.73 Å². The number of alkyl halides is 3. The molecule has 0 saturated carbocycles. The predicted octanol–water partition coefficient (Wildman–Crippen LogP) is 2.34. The Morgan fingerprint density at radius 2 is 1.76 bits per heavy atom. The number of hydrogen-bond donors (Lipinski definition) is 6. The van der Waals surface area contributed by atoms with E-state index in [9.17, 15) is 42.8 Å². The number of carbonyl (C=O) groups is 1. The molecule has 0 saturated heterocycles. The highest BCUT2D eigenvalue weighted by Crippen LogP contribution is 2.35. The lowest BCUT2D eigenvalue weighted by molar-refractivity contribution is -0.329. The third-order valence-electron chi connectivity index (χ3n) is 5.44. The summed E-state index contributed by atoms with van der Waals surface area (Å²) in [6.45, 7) is 1.48. The summed E-state index contributed by atoms with van der Waals surface area (Å²) in [5, 5.41) is 41.1. The largest absolute Gasteiger partial charge is 0.416 e. The molecular formula is C23H18F5N5O5. The van der Waals surface area contributed by atoms with E-state index in [-0.39, 0.29) is 17.0 Å². The summed E-state index contributed by atoms with van der Waals surface area (Å²) in [5.74, 6) is -9.16. The number of nitrogens with one attached hydrogen (secondary N) is 1. The molecule has 4 aromatic rings. The van der Waals surface area contributed by atoms with Gasteiger partial charge in [0, 0.05) is 11.8 Å². The van der Waals surface area contributed by atoms with Crippen LogP contribution in [0.4, 0.5) is 33.5 Å². The van der Waals surface area contributed by atoms with Gasteiger partial charge < -0.3 is 31.5 Å². The molecule has 7 N–H and O–H groups in total. The highest BCUT2D eigenvalue weighted by atomic mass is 19.4. The zero-order valence-electron chi connectivity index (χ0n) is 19.1. The zero-order valence-corrected chi connectivity index (χ0v) is 19.1. The van der Waals surface area contributed by atoms with Crippen LogP contribution in [0.25, 0.3) is 16.8 Å². The van der Waals surface area contributed by atoms with Crippen molar-refractivity contribution in [1.82, 2.24) is 14.4 Å². The molecule has 1 amide bonds. The lowest BCUT2D eigenvalue weighted by Crippen LogP contribution is -2.27. The van der Waals surface area contributed by atoms with Crippen molar-refractivity contribution in [3.05, 3.63) is 76.9 Å². The third-order valence-corrected chi connectivity index (χ3v) is 5.44. The molecule has 2 aromatic carbocycles. The highest BCUT2D eigenvalue weighted by molar-refractivity contribution is 5.95. The maximum absolute atomic E-state index is 15.1. The average Bonchev–Trinajstić information content (AvgIpc) is 3.21. The number of hydrogen-bond acceptors (Lipinski definition) is 8. The van der Waals surface area contributed by atoms with Crippen molar-refractivity contribution in [2.45, 2.75) is 25.2 Å². The lowest BCUT2D eigenvalue weighted by Gasteiger charge is -2.15. The second-order valence-electron chi connectivity index (χ2n) is 8.21. The molecule has 0 spiro atoms. The molecule has 200 valence electrons. The number of aliphatic hydroxyl groups excluding tert-OH is 1. The summed E-state index contributed by atoms with van der Waals surface area (Å²) in [6.07, 6.45) is -5.69. The van der Waals surface area contributed by atoms with Crippen LogP contribution in [0.3, 0.4) is 0 Å². The van der Waals surface area contributed by atoms with Gasteiger partial charge in [-0.1, -0.05) is 12.1 Å². The van der Waals surface area contributed by atoms with Crippen molar-refractivity contribution in [2.24, 2.45) is 0 Å². The molecule has 1 atom stereocenters. The summed E-state index contributed by atoms with van der Waals surface area (Å²) in [4.78, 5) is 20.2. The monoisotopic (exact) mass is 539 g/mol. The van der Waals surface area contributed by atoms with Gasteiger partial charge in [-0.25, -0.2) is 18.7 Å². The lowest BCUT2D eigenvalue weighted by atomic mass is 10.0. The summed E-state index contributed by atoms with van der Waals surface area (Å²) in [7, 11) is 0. The SMILES string of the molecule is Cc1cn2c(C(O)(O)O)nc(-c3ccc(NC(=O)C(O)c4cccc(C(F)(F)F)c4)c(F)c3F)c2c(N)n1. The van der Waals surface area contributed by atoms with Gasteiger partial charge >= 0.3 is 12.1 Å². The first-order valence-corrected chi connectivity index (χ1v) is 10.6. The van der Waals surface area contributed by atoms with Crippen molar-refractivity contribution in [1.29, 1.82) is 0 Å². The number of imidazole rings is 1. The molecule has 2 heterocycles. The van der Waals surface area contributed by atoms with Gasteiger partial charge in [0.05, 0.1) is 16.9 Å². The van der Waals surface area contributed by atoms with E-state index in [0.29, 0.717) is 6.07 Å². The Morgan fingerprint density at radius 3 is 2.39 bits per heavy atom. The van der Waals surface area contributed by atoms with Crippen LogP contribution >= 0.6 is 0 Å². The Hall–Kier alpha value is -4.18. The summed E-state index contributed by atoms with van der Waals surface area (Å²) < 4.78 is 69.8. The first-order valence-electron chi connectivity index (χ1n) is 10.6. The first-order chi connectivity index (χ1) is 17.6. The fourth-order valence-electron chi connectivity index (χ4n) is 3.75. The summed E-state index contributed by atoms with van der Waals surface area (Å²) in [5.41, 5.74) is 2.57. The number of rotatable bonds is 5. The van der Waals surface area contributed by atoms with Gasteiger partial charge in [0.2, 0.25) is 5.82 Å². The number of nitrogens with zero attached hydrogens (tertiary/aromatic N) is 3. The normalized spacial score (nSPS) is 13.1. The summed E-state index contributed by atoms with van der Waals surface area (Å²) >= 11 is 0. The molecule has 1 unspecified atom stereocenters. The van der Waals surface area contributed by atoms with Crippen molar-refractivity contribution >= 4 is 22.9 Å². The Bertz CT molecular complexity index is 1570. The number of carbonyl (C=O) groups excluding carboxylic acids is 1. The van der Waals surface area contributed by atoms with Crippen molar-refractivity contribution in [3.63, 3.8) is 0 Å². The minimum Gasteiger partial charge on any atom is -0.382 e. The molecular weight excluding hydrogens is 521 g/mol. The third kappa shape index (κ3) is 4.87. The van der Waals surface area contributed by atoms with E-state index in [0.717, 1.165) is 34.7 Å². The van der Waals surface area contributed by atoms with Gasteiger partial charge in [-0.3, -0.25) is 9.20 Å². The Morgan fingerprint density at radius 1 is 1.08 bits per heavy atom. The Labute approximate surface area is 209 Å². The van der Waals surface area contributed by atoms with Crippen LogP contribution in [0, 0.1) is 18.6 Å². The van der Waals surface area contributed by atoms with E-state index in [2.05, 4.69) is 9.97 Å². The molecule has 0 radical (unpaired) electrons. The molecule has 38 heavy (non-hydrogen) atoms. The fourth-order valence-corrected chi connectivity index (χ4v) is 3.75. The zero-order chi connectivity index (χ0) is 28.2. The van der Waals surface area contributed by atoms with Crippen molar-refractivity contribution in [3.8, 4) is 11.3 Å². The van der Waals surface area contributed by atoms with Gasteiger partial charge in [-0.2, -0.15) is 13.2 Å². The molecule has 0 fully saturated rings. The number of fused-ring (bicyclic) bond motifs is 1. The van der Waals surface area contributed by atoms with Crippen LogP contribution in [0.1, 0.15) is 28.7 Å². The van der Waals surface area contributed by atoms with Crippen molar-refractivity contribution < 1.29 is 47.2 Å². The van der Waals surface area contributed by atoms with Crippen LogP contribution in [0.2, 0.25) is 0 Å². The Kier molecular flexibility index (Phi) is 6.57. The number of anilines is 2. The quantitative estimate of drug-likeness (QED) is 0.166. The number of amides is 1. The number of aliphatic hydroxyl groups is 4. The molecule has 4 rings (SSSR count). The van der Waals surface area contributed by atoms with Crippen molar-refractivity contribution in [2.75, 3.05) is 11.1 Å². The second kappa shape index (κ2) is 9.29. The molecule has 15 heteroatoms. The van der Waals surface area contributed by atoms with Gasteiger partial charge in [-0.15, -0.1) is 0 Å². The first kappa shape index (κ1) is 26.9. The standard InChI is InChI=1S/C23H18F5N5O5/c1-9-8-33-17(19(29)30-9)16(32-21(33)23(36,37)38)12-5-6-13(15(25)14(12)24)31-20(35)18(34)10-3-2-4-11(7-10)22(26,27)28/h2-8,18,34,36-38H,1H3,(H2,29,30)(H,31,35). The fraction of sp³-hybridized carbons (Fsp3) is 0.174. The van der Waals surface area contributed by atoms with E-state index in [1.807, 2.05) is 5.32 Å². The maximum Gasteiger partial charge on any atom is 0.416 e. The number of nitrogens with two attached hydrogens (primary N) is 1. The van der Waals surface area contributed by atoms with Crippen LogP contribution in [-0.2, 0) is 16.9 Å². The van der Waals surface area contributed by atoms with Crippen LogP contribution in [0.5, 0.6) is 0 Å². The maximum atomic E-state index is 15.1. The van der Waals surface area contributed by atoms with Crippen LogP contribution in [0.15, 0.2) is 42.6 Å². The van der Waals surface area contributed by atoms with Crippen LogP contribution < -0.4 is 11.1 Å². The number of nitrogen functional groups attached to an aromatic ring is 1. The van der Waals surface area contributed by atoms with Crippen LogP contribution in [-0.4, -0.2) is 40.7 Å². The predicted molar refractivity (Wildman–Crippen MR) is 121 cm³/mol. The smallest absolute Gasteiger partial charge is 0.382 e. The number of aromatic nitrogens is 3. The van der Waals surface area contributed by atoms with E-state index < -0.39 is 69.7 Å². The number of halogens is 5. The van der Waals surface area contributed by atoms with E-state index >= 15 is 4.39 Å². The van der Waals surface area contributed by atoms with Gasteiger partial charge in [-0.05, 0) is 36.8 Å². The topological polar surface area (TPSA) is 166 Å². The average molecular weight is 539 g/mol. The number of aryl methyl sites for hydroxylation is 1. The molecule has 0 aliphatic rings. The van der Waals surface area contributed by atoms with Gasteiger partial charge in [0.25, 0.3) is 5.91 Å². The molecule has 0 aliphatic heterocycles. The number of benzene rings is 2. The highest BCUT2D eigenvalue weighted by Gasteiger charge is 2.33. The summed E-state index contributed by atoms with van der Waals surface area (Å²) in [6, 6.07) is 5.08. The minimum absolute atomic E-state index is 0.206. The molecule has 2 aromatic heterocycles. The molecule has 0 bridgehead atoms. The molecule has 0 aliphatic carbocycles. The van der Waals surface area contributed by atoms with E-state index in [1.165, 1.54) is 13.1 Å². The minimum atomic E-state index is -4.74. The Balaban J connectivity index is 1.71. The van der Waals surface area contributed by atoms with E-state index in [1.54, 1.807) is 0 Å².